The van der Waals surface area contributed by atoms with Crippen molar-refractivity contribution in [1.82, 2.24) is 9.97 Å². The molecule has 9 nitrogen and oxygen atoms in total. The van der Waals surface area contributed by atoms with Gasteiger partial charge in [0.05, 0.1) is 6.61 Å². The van der Waals surface area contributed by atoms with Crippen LogP contribution in [0.4, 0.5) is 16.0 Å². The predicted octanol–water partition coefficient (Wildman–Crippen LogP) is -0.293. The average molecular weight is 347 g/mol. The molecule has 0 aliphatic rings. The van der Waals surface area contributed by atoms with Crippen molar-refractivity contribution in [3.8, 4) is 11.3 Å². The number of aliphatic hydroxyl groups is 1. The van der Waals surface area contributed by atoms with Crippen molar-refractivity contribution in [2.75, 3.05) is 30.8 Å². The van der Waals surface area contributed by atoms with Crippen LogP contribution in [0, 0.1) is 5.82 Å². The number of carbonyl (C=O) groups is 1. The molecule has 10 heteroatoms. The number of aliphatic hydroxyl groups excluding tert-OH is 1. The van der Waals surface area contributed by atoms with Gasteiger partial charge in [0.1, 0.15) is 11.5 Å². The van der Waals surface area contributed by atoms with E-state index in [-0.39, 0.29) is 30.4 Å². The third-order valence-electron chi connectivity index (χ3n) is 3.25. The summed E-state index contributed by atoms with van der Waals surface area (Å²) >= 11 is 0. The molecule has 0 spiro atoms. The van der Waals surface area contributed by atoms with Crippen LogP contribution in [0.5, 0.6) is 0 Å². The molecule has 1 heterocycles. The summed E-state index contributed by atoms with van der Waals surface area (Å²) in [5, 5.41) is 9.14. The summed E-state index contributed by atoms with van der Waals surface area (Å²) in [5.74, 6) is -1.55. The number of halogens is 1. The van der Waals surface area contributed by atoms with Gasteiger partial charge in [0.25, 0.3) is 0 Å². The zero-order chi connectivity index (χ0) is 18.6. The van der Waals surface area contributed by atoms with Crippen LogP contribution < -0.4 is 22.1 Å². The first-order valence-electron chi connectivity index (χ1n) is 7.23. The highest BCUT2D eigenvalue weighted by Gasteiger charge is 2.20. The lowest BCUT2D eigenvalue weighted by Crippen LogP contribution is -2.26. The molecule has 1 amide bonds. The van der Waals surface area contributed by atoms with Gasteiger partial charge >= 0.3 is 5.91 Å². The number of nitrogen functional groups attached to an aromatic ring is 1. The number of amides is 1. The Labute approximate surface area is 143 Å². The molecule has 2 rings (SSSR count). The van der Waals surface area contributed by atoms with Crippen molar-refractivity contribution in [3.05, 3.63) is 35.8 Å². The molecule has 1 aromatic carbocycles. The fraction of sp³-hybridized carbons (Fsp3) is 0.200. The average Bonchev–Trinajstić information content (AvgIpc) is 2.55. The first kappa shape index (κ1) is 18.1. The molecule has 0 aliphatic carbocycles. The molecule has 0 atom stereocenters. The maximum absolute atomic E-state index is 13.2. The van der Waals surface area contributed by atoms with Crippen LogP contribution in [0.25, 0.3) is 11.3 Å². The number of nitrogens with two attached hydrogens (primary N) is 3. The SMILES string of the molecule is CN(CCO)c1nc(N)c(C(=O)N=C(N)N)nc1-c1ccc(F)cc1. The van der Waals surface area contributed by atoms with Gasteiger partial charge in [0.2, 0.25) is 0 Å². The lowest BCUT2D eigenvalue weighted by Gasteiger charge is -2.20. The zero-order valence-electron chi connectivity index (χ0n) is 13.5. The largest absolute Gasteiger partial charge is 0.395 e. The summed E-state index contributed by atoms with van der Waals surface area (Å²) in [5.41, 5.74) is 16.8. The van der Waals surface area contributed by atoms with Crippen LogP contribution in [-0.4, -0.2) is 47.1 Å². The van der Waals surface area contributed by atoms with E-state index in [4.69, 9.17) is 22.3 Å². The minimum Gasteiger partial charge on any atom is -0.395 e. The van der Waals surface area contributed by atoms with Gasteiger partial charge in [0.15, 0.2) is 23.3 Å². The first-order chi connectivity index (χ1) is 11.8. The molecular formula is C15H18FN7O2. The number of rotatable bonds is 5. The second-order valence-electron chi connectivity index (χ2n) is 5.12. The Kier molecular flexibility index (Phi) is 5.45. The van der Waals surface area contributed by atoms with Gasteiger partial charge in [0, 0.05) is 19.2 Å². The van der Waals surface area contributed by atoms with E-state index in [1.807, 2.05) is 0 Å². The van der Waals surface area contributed by atoms with E-state index in [1.165, 1.54) is 24.3 Å². The lowest BCUT2D eigenvalue weighted by atomic mass is 10.1. The number of anilines is 2. The number of likely N-dealkylation sites (N-methyl/N-ethyl adjacent to an activating group) is 1. The molecule has 0 saturated heterocycles. The third-order valence-corrected chi connectivity index (χ3v) is 3.25. The number of guanidine groups is 1. The van der Waals surface area contributed by atoms with E-state index >= 15 is 0 Å². The number of aromatic nitrogens is 2. The second kappa shape index (κ2) is 7.53. The monoisotopic (exact) mass is 347 g/mol. The normalized spacial score (nSPS) is 10.4. The highest BCUT2D eigenvalue weighted by atomic mass is 19.1. The lowest BCUT2D eigenvalue weighted by molar-refractivity contribution is 0.0998. The molecule has 0 unspecified atom stereocenters. The molecule has 0 bridgehead atoms. The summed E-state index contributed by atoms with van der Waals surface area (Å²) in [6.07, 6.45) is 0. The summed E-state index contributed by atoms with van der Waals surface area (Å²) in [4.78, 5) is 25.5. The van der Waals surface area contributed by atoms with E-state index in [0.717, 1.165) is 0 Å². The van der Waals surface area contributed by atoms with Crippen molar-refractivity contribution in [3.63, 3.8) is 0 Å². The van der Waals surface area contributed by atoms with Gasteiger partial charge in [-0.1, -0.05) is 0 Å². The summed E-state index contributed by atoms with van der Waals surface area (Å²) in [6.45, 7) is 0.124. The van der Waals surface area contributed by atoms with Gasteiger partial charge in [-0.05, 0) is 24.3 Å². The maximum atomic E-state index is 13.2. The van der Waals surface area contributed by atoms with Gasteiger partial charge in [-0.25, -0.2) is 14.4 Å². The molecule has 7 N–H and O–H groups in total. The van der Waals surface area contributed by atoms with Crippen molar-refractivity contribution in [2.45, 2.75) is 0 Å². The molecule has 1 aromatic heterocycles. The molecule has 2 aromatic rings. The van der Waals surface area contributed by atoms with Crippen LogP contribution in [0.15, 0.2) is 29.3 Å². The van der Waals surface area contributed by atoms with Gasteiger partial charge in [-0.2, -0.15) is 4.99 Å². The van der Waals surface area contributed by atoms with E-state index in [9.17, 15) is 9.18 Å². The highest BCUT2D eigenvalue weighted by molar-refractivity contribution is 6.03. The summed E-state index contributed by atoms with van der Waals surface area (Å²) < 4.78 is 13.2. The minimum absolute atomic E-state index is 0.129. The van der Waals surface area contributed by atoms with Crippen LogP contribution in [-0.2, 0) is 0 Å². The number of benzene rings is 1. The topological polar surface area (TPSA) is 157 Å². The highest BCUT2D eigenvalue weighted by Crippen LogP contribution is 2.29. The van der Waals surface area contributed by atoms with Gasteiger partial charge in [-0.3, -0.25) is 4.79 Å². The Morgan fingerprint density at radius 2 is 1.92 bits per heavy atom. The second-order valence-corrected chi connectivity index (χ2v) is 5.12. The quantitative estimate of drug-likeness (QED) is 0.424. The first-order valence-corrected chi connectivity index (χ1v) is 7.23. The number of nitrogens with zero attached hydrogens (tertiary/aromatic N) is 4. The number of hydrogen-bond donors (Lipinski definition) is 4. The van der Waals surface area contributed by atoms with Crippen molar-refractivity contribution in [2.24, 2.45) is 16.5 Å². The Bertz CT molecular complexity index is 804. The molecule has 0 saturated carbocycles. The van der Waals surface area contributed by atoms with E-state index in [0.29, 0.717) is 11.4 Å². The van der Waals surface area contributed by atoms with Crippen LogP contribution in [0.2, 0.25) is 0 Å². The Morgan fingerprint density at radius 1 is 1.28 bits per heavy atom. The molecular weight excluding hydrogens is 329 g/mol. The number of aliphatic imine (C=N–C) groups is 1. The Balaban J connectivity index is 2.64. The fourth-order valence-corrected chi connectivity index (χ4v) is 2.09. The predicted molar refractivity (Wildman–Crippen MR) is 92.3 cm³/mol. The molecule has 0 radical (unpaired) electrons. The maximum Gasteiger partial charge on any atom is 0.302 e. The third kappa shape index (κ3) is 4.18. The zero-order valence-corrected chi connectivity index (χ0v) is 13.5. The van der Waals surface area contributed by atoms with Gasteiger partial charge < -0.3 is 27.2 Å². The van der Waals surface area contributed by atoms with E-state index in [1.54, 1.807) is 11.9 Å². The van der Waals surface area contributed by atoms with E-state index in [2.05, 4.69) is 15.0 Å². The molecule has 0 fully saturated rings. The van der Waals surface area contributed by atoms with Crippen molar-refractivity contribution in [1.29, 1.82) is 0 Å². The van der Waals surface area contributed by atoms with Crippen LogP contribution in [0.1, 0.15) is 10.5 Å². The summed E-state index contributed by atoms with van der Waals surface area (Å²) in [7, 11) is 1.67. The summed E-state index contributed by atoms with van der Waals surface area (Å²) in [6, 6.07) is 5.47. The van der Waals surface area contributed by atoms with Crippen LogP contribution in [0.3, 0.4) is 0 Å². The molecule has 132 valence electrons. The van der Waals surface area contributed by atoms with Crippen molar-refractivity contribution >= 4 is 23.5 Å². The Hall–Kier alpha value is -3.27. The minimum atomic E-state index is -0.843. The van der Waals surface area contributed by atoms with Crippen LogP contribution >= 0.6 is 0 Å². The molecule has 0 aliphatic heterocycles. The smallest absolute Gasteiger partial charge is 0.302 e. The molecule has 25 heavy (non-hydrogen) atoms. The van der Waals surface area contributed by atoms with Gasteiger partial charge in [-0.15, -0.1) is 0 Å². The number of carbonyl (C=O) groups excluding carboxylic acids is 1. The fourth-order valence-electron chi connectivity index (χ4n) is 2.09. The van der Waals surface area contributed by atoms with Crippen molar-refractivity contribution < 1.29 is 14.3 Å². The number of hydrogen-bond acceptors (Lipinski definition) is 6. The standard InChI is InChI=1S/C15H18FN7O2/c1-23(6-7-24)13-10(8-2-4-9(16)5-3-8)20-11(12(17)21-13)14(25)22-15(18)19/h2-5,24H,6-7H2,1H3,(H2,17,21)(H4,18,19,22,25). The Morgan fingerprint density at radius 3 is 2.48 bits per heavy atom. The van der Waals surface area contributed by atoms with E-state index < -0.39 is 17.7 Å².